The summed E-state index contributed by atoms with van der Waals surface area (Å²) in [4.78, 5) is 24.8. The van der Waals surface area contributed by atoms with Gasteiger partial charge in [-0.15, -0.1) is 0 Å². The number of aromatic nitrogens is 6. The molecule has 4 heterocycles. The zero-order chi connectivity index (χ0) is 16.1. The molecule has 10 nitrogen and oxygen atoms in total. The fourth-order valence-electron chi connectivity index (χ4n) is 2.54. The summed E-state index contributed by atoms with van der Waals surface area (Å²) in [5.74, 6) is 1.11. The molecule has 0 saturated carbocycles. The summed E-state index contributed by atoms with van der Waals surface area (Å²) >= 11 is 0. The lowest BCUT2D eigenvalue weighted by Gasteiger charge is -2.04. The largest absolute Gasteiger partial charge is 0.371 e. The molecule has 124 valence electrons. The summed E-state index contributed by atoms with van der Waals surface area (Å²) in [5, 5.41) is 8.47. The van der Waals surface area contributed by atoms with E-state index in [2.05, 4.69) is 10.2 Å². The van der Waals surface area contributed by atoms with Crippen molar-refractivity contribution in [2.75, 3.05) is 13.2 Å². The number of epoxide rings is 2. The molecule has 23 heavy (non-hydrogen) atoms. The van der Waals surface area contributed by atoms with E-state index in [1.807, 2.05) is 0 Å². The Morgan fingerprint density at radius 2 is 1.30 bits per heavy atom. The van der Waals surface area contributed by atoms with Crippen LogP contribution in [0, 0.1) is 13.8 Å². The number of rotatable bonds is 6. The van der Waals surface area contributed by atoms with Crippen LogP contribution in [-0.4, -0.2) is 54.1 Å². The van der Waals surface area contributed by atoms with Crippen LogP contribution >= 0.6 is 0 Å². The molecule has 0 aromatic carbocycles. The Balaban J connectivity index is 1.62. The molecule has 4 rings (SSSR count). The van der Waals surface area contributed by atoms with E-state index >= 15 is 0 Å². The number of hydrogen-bond acceptors (Lipinski definition) is 6. The molecular weight excluding hydrogens is 304 g/mol. The molecule has 0 bridgehead atoms. The van der Waals surface area contributed by atoms with E-state index in [-0.39, 0.29) is 30.3 Å². The van der Waals surface area contributed by atoms with E-state index in [0.717, 1.165) is 0 Å². The molecule has 2 aliphatic heterocycles. The van der Waals surface area contributed by atoms with Crippen molar-refractivity contribution in [1.82, 2.24) is 28.7 Å². The van der Waals surface area contributed by atoms with Gasteiger partial charge in [0, 0.05) is 0 Å². The molecule has 2 aromatic rings. The van der Waals surface area contributed by atoms with Gasteiger partial charge in [-0.2, -0.15) is 10.2 Å². The molecule has 2 aromatic heterocycles. The second kappa shape index (κ2) is 5.17. The first-order valence-electron chi connectivity index (χ1n) is 7.54. The SMILES string of the molecule is Cc1nn(C[C@@H]2CO2)c(=O)n1Cn1c(C)nn(C[C@@H]2CO2)c1=O. The third-order valence-corrected chi connectivity index (χ3v) is 4.06. The number of ether oxygens (including phenoxy) is 2. The Bertz CT molecular complexity index is 781. The van der Waals surface area contributed by atoms with E-state index in [9.17, 15) is 9.59 Å². The van der Waals surface area contributed by atoms with Crippen LogP contribution in [-0.2, 0) is 29.2 Å². The first kappa shape index (κ1) is 14.4. The van der Waals surface area contributed by atoms with Crippen LogP contribution in [0.3, 0.4) is 0 Å². The highest BCUT2D eigenvalue weighted by atomic mass is 16.6. The lowest BCUT2D eigenvalue weighted by Crippen LogP contribution is -2.34. The van der Waals surface area contributed by atoms with Gasteiger partial charge in [0.25, 0.3) is 0 Å². The van der Waals surface area contributed by atoms with Gasteiger partial charge in [0.05, 0.1) is 26.3 Å². The second-order valence-electron chi connectivity index (χ2n) is 5.93. The smallest absolute Gasteiger partial charge is 0.347 e. The molecule has 0 radical (unpaired) electrons. The van der Waals surface area contributed by atoms with Gasteiger partial charge in [-0.3, -0.25) is 9.13 Å². The average Bonchev–Trinajstić information content (AvgIpc) is 3.39. The van der Waals surface area contributed by atoms with Gasteiger partial charge < -0.3 is 9.47 Å². The Morgan fingerprint density at radius 1 is 0.913 bits per heavy atom. The maximum absolute atomic E-state index is 12.4. The highest BCUT2D eigenvalue weighted by molar-refractivity contribution is 4.90. The lowest BCUT2D eigenvalue weighted by molar-refractivity contribution is 0.367. The van der Waals surface area contributed by atoms with E-state index < -0.39 is 0 Å². The van der Waals surface area contributed by atoms with Crippen LogP contribution in [0.15, 0.2) is 9.59 Å². The first-order chi connectivity index (χ1) is 11.0. The van der Waals surface area contributed by atoms with Gasteiger partial charge in [-0.05, 0) is 13.8 Å². The van der Waals surface area contributed by atoms with E-state index in [0.29, 0.717) is 38.0 Å². The minimum absolute atomic E-state index is 0.0706. The quantitative estimate of drug-likeness (QED) is 0.589. The van der Waals surface area contributed by atoms with E-state index in [1.165, 1.54) is 18.5 Å². The highest BCUT2D eigenvalue weighted by Crippen LogP contribution is 2.11. The number of hydrogen-bond donors (Lipinski definition) is 0. The van der Waals surface area contributed by atoms with E-state index in [4.69, 9.17) is 9.47 Å². The van der Waals surface area contributed by atoms with Gasteiger partial charge in [-0.1, -0.05) is 0 Å². The van der Waals surface area contributed by atoms with Crippen molar-refractivity contribution in [3.63, 3.8) is 0 Å². The Morgan fingerprint density at radius 3 is 1.65 bits per heavy atom. The molecular formula is C13H18N6O4. The molecule has 2 atom stereocenters. The van der Waals surface area contributed by atoms with E-state index in [1.54, 1.807) is 13.8 Å². The van der Waals surface area contributed by atoms with Gasteiger partial charge in [0.2, 0.25) is 0 Å². The summed E-state index contributed by atoms with van der Waals surface area (Å²) in [5.41, 5.74) is -0.495. The molecule has 0 aliphatic carbocycles. The molecule has 10 heteroatoms. The Kier molecular flexibility index (Phi) is 3.23. The van der Waals surface area contributed by atoms with Gasteiger partial charge in [-0.25, -0.2) is 19.0 Å². The molecule has 0 N–H and O–H groups in total. The van der Waals surface area contributed by atoms with Crippen LogP contribution < -0.4 is 11.4 Å². The van der Waals surface area contributed by atoms with Gasteiger partial charge >= 0.3 is 11.4 Å². The normalized spacial score (nSPS) is 22.5. The summed E-state index contributed by atoms with van der Waals surface area (Å²) < 4.78 is 16.0. The summed E-state index contributed by atoms with van der Waals surface area (Å²) in [6, 6.07) is 0. The zero-order valence-electron chi connectivity index (χ0n) is 13.0. The fourth-order valence-corrected chi connectivity index (χ4v) is 2.54. The highest BCUT2D eigenvalue weighted by Gasteiger charge is 2.27. The maximum atomic E-state index is 12.4. The van der Waals surface area contributed by atoms with Crippen molar-refractivity contribution in [3.8, 4) is 0 Å². The first-order valence-corrected chi connectivity index (χ1v) is 7.54. The Hall–Kier alpha value is -2.20. The molecule has 0 amide bonds. The van der Waals surface area contributed by atoms with Crippen LogP contribution in [0.25, 0.3) is 0 Å². The molecule has 2 fully saturated rings. The van der Waals surface area contributed by atoms with Crippen LogP contribution in [0.2, 0.25) is 0 Å². The van der Waals surface area contributed by atoms with Crippen molar-refractivity contribution in [1.29, 1.82) is 0 Å². The average molecular weight is 322 g/mol. The van der Waals surface area contributed by atoms with Crippen molar-refractivity contribution < 1.29 is 9.47 Å². The van der Waals surface area contributed by atoms with Crippen molar-refractivity contribution in [2.24, 2.45) is 0 Å². The molecule has 2 saturated heterocycles. The topological polar surface area (TPSA) is 105 Å². The zero-order valence-corrected chi connectivity index (χ0v) is 13.0. The second-order valence-corrected chi connectivity index (χ2v) is 5.93. The molecule has 2 aliphatic rings. The maximum Gasteiger partial charge on any atom is 0.347 e. The fraction of sp³-hybridized carbons (Fsp3) is 0.692. The van der Waals surface area contributed by atoms with Crippen LogP contribution in [0.4, 0.5) is 0 Å². The minimum Gasteiger partial charge on any atom is -0.371 e. The van der Waals surface area contributed by atoms with Crippen molar-refractivity contribution >= 4 is 0 Å². The van der Waals surface area contributed by atoms with Crippen LogP contribution in [0.1, 0.15) is 11.6 Å². The molecule has 0 unspecified atom stereocenters. The van der Waals surface area contributed by atoms with Gasteiger partial charge in [0.1, 0.15) is 30.5 Å². The van der Waals surface area contributed by atoms with Crippen molar-refractivity contribution in [2.45, 2.75) is 45.8 Å². The molecule has 0 spiro atoms. The number of aryl methyl sites for hydroxylation is 2. The standard InChI is InChI=1S/C13H18N6O4/c1-8-14-18(3-10-5-22-10)12(20)16(8)7-17-9(2)15-19(13(17)21)4-11-6-23-11/h10-11H,3-7H2,1-2H3/t10-,11-/m1/s1. The number of nitrogens with zero attached hydrogens (tertiary/aromatic N) is 6. The summed E-state index contributed by atoms with van der Waals surface area (Å²) in [6.45, 7) is 5.80. The lowest BCUT2D eigenvalue weighted by atomic mass is 10.5. The summed E-state index contributed by atoms with van der Waals surface area (Å²) in [6.07, 6.45) is 0.141. The van der Waals surface area contributed by atoms with Gasteiger partial charge in [0.15, 0.2) is 0 Å². The minimum atomic E-state index is -0.248. The third kappa shape index (κ3) is 2.75. The third-order valence-electron chi connectivity index (χ3n) is 4.06. The van der Waals surface area contributed by atoms with Crippen molar-refractivity contribution in [3.05, 3.63) is 32.6 Å². The Labute approximate surface area is 130 Å². The predicted molar refractivity (Wildman–Crippen MR) is 77.3 cm³/mol. The monoisotopic (exact) mass is 322 g/mol. The summed E-state index contributed by atoms with van der Waals surface area (Å²) in [7, 11) is 0. The predicted octanol–water partition coefficient (Wildman–Crippen LogP) is -1.68. The van der Waals surface area contributed by atoms with Crippen LogP contribution in [0.5, 0.6) is 0 Å².